The van der Waals surface area contributed by atoms with Gasteiger partial charge in [-0.25, -0.2) is 9.18 Å². The summed E-state index contributed by atoms with van der Waals surface area (Å²) < 4.78 is 25.7. The second-order valence-electron chi connectivity index (χ2n) is 9.54. The van der Waals surface area contributed by atoms with E-state index in [9.17, 15) is 9.18 Å². The van der Waals surface area contributed by atoms with Crippen molar-refractivity contribution in [2.24, 2.45) is 0 Å². The summed E-state index contributed by atoms with van der Waals surface area (Å²) in [6.07, 6.45) is 2.88. The van der Waals surface area contributed by atoms with E-state index in [-0.39, 0.29) is 11.9 Å². The van der Waals surface area contributed by atoms with E-state index in [1.807, 2.05) is 12.1 Å². The molecule has 0 fully saturated rings. The Bertz CT molecular complexity index is 1380. The van der Waals surface area contributed by atoms with Gasteiger partial charge in [-0.1, -0.05) is 49.4 Å². The Labute approximate surface area is 216 Å². The molecule has 1 aliphatic heterocycles. The van der Waals surface area contributed by atoms with Crippen molar-refractivity contribution in [2.75, 3.05) is 18.1 Å². The Morgan fingerprint density at radius 3 is 2.68 bits per heavy atom. The molecule has 0 spiro atoms. The van der Waals surface area contributed by atoms with Gasteiger partial charge in [-0.3, -0.25) is 0 Å². The van der Waals surface area contributed by atoms with Crippen LogP contribution in [0.4, 0.5) is 15.8 Å². The van der Waals surface area contributed by atoms with E-state index in [1.165, 1.54) is 28.5 Å². The largest absolute Gasteiger partial charge is 0.486 e. The van der Waals surface area contributed by atoms with Crippen molar-refractivity contribution >= 4 is 28.1 Å². The van der Waals surface area contributed by atoms with Gasteiger partial charge in [0.2, 0.25) is 0 Å². The molecule has 1 aliphatic rings. The fourth-order valence-corrected chi connectivity index (χ4v) is 5.07. The fraction of sp³-hybridized carbons (Fsp3) is 0.258. The summed E-state index contributed by atoms with van der Waals surface area (Å²) in [5, 5.41) is 11.4. The Morgan fingerprint density at radius 2 is 1.86 bits per heavy atom. The molecule has 0 aromatic heterocycles. The molecule has 0 bridgehead atoms. The molecule has 1 heterocycles. The minimum absolute atomic E-state index is 0.0411. The summed E-state index contributed by atoms with van der Waals surface area (Å²) >= 11 is 0. The molecule has 0 radical (unpaired) electrons. The number of anilines is 2. The van der Waals surface area contributed by atoms with Gasteiger partial charge in [-0.05, 0) is 77.9 Å². The number of halogens is 1. The van der Waals surface area contributed by atoms with Crippen molar-refractivity contribution < 1.29 is 23.8 Å². The number of carbonyl (C=O) groups is 1. The molecule has 0 aliphatic carbocycles. The van der Waals surface area contributed by atoms with Crippen LogP contribution in [0.1, 0.15) is 37.7 Å². The van der Waals surface area contributed by atoms with Gasteiger partial charge >= 0.3 is 5.97 Å². The minimum Gasteiger partial charge on any atom is -0.486 e. The molecule has 2 atom stereocenters. The van der Waals surface area contributed by atoms with Gasteiger partial charge in [0.15, 0.2) is 6.61 Å². The Hall–Kier alpha value is -4.06. The molecular formula is C31H30FNO4. The van der Waals surface area contributed by atoms with E-state index in [4.69, 9.17) is 14.6 Å². The first-order valence-corrected chi connectivity index (χ1v) is 12.6. The number of fused-ring (bicyclic) bond motifs is 2. The average Bonchev–Trinajstić information content (AvgIpc) is 2.91. The van der Waals surface area contributed by atoms with Crippen LogP contribution in [0.5, 0.6) is 11.5 Å². The second kappa shape index (κ2) is 10.9. The van der Waals surface area contributed by atoms with E-state index in [0.717, 1.165) is 24.9 Å². The number of carboxylic acid groups (broad SMARTS) is 1. The smallest absolute Gasteiger partial charge is 0.341 e. The molecule has 0 amide bonds. The molecule has 190 valence electrons. The monoisotopic (exact) mass is 499 g/mol. The molecule has 4 aromatic rings. The number of aliphatic carboxylic acids is 1. The highest BCUT2D eigenvalue weighted by Crippen LogP contribution is 2.40. The van der Waals surface area contributed by atoms with E-state index >= 15 is 0 Å². The molecule has 5 nitrogen and oxygen atoms in total. The zero-order valence-corrected chi connectivity index (χ0v) is 20.8. The third-order valence-electron chi connectivity index (χ3n) is 6.92. The number of benzene rings is 4. The third-order valence-corrected chi connectivity index (χ3v) is 6.92. The zero-order valence-electron chi connectivity index (χ0n) is 20.8. The summed E-state index contributed by atoms with van der Waals surface area (Å²) in [7, 11) is 0. The van der Waals surface area contributed by atoms with Gasteiger partial charge in [-0.15, -0.1) is 0 Å². The molecule has 6 heteroatoms. The Morgan fingerprint density at radius 1 is 1.08 bits per heavy atom. The lowest BCUT2D eigenvalue weighted by atomic mass is 9.90. The first-order valence-electron chi connectivity index (χ1n) is 12.6. The lowest BCUT2D eigenvalue weighted by Gasteiger charge is -2.36. The van der Waals surface area contributed by atoms with E-state index in [0.29, 0.717) is 29.6 Å². The van der Waals surface area contributed by atoms with Gasteiger partial charge in [0, 0.05) is 11.8 Å². The first-order chi connectivity index (χ1) is 18.0. The molecule has 0 saturated heterocycles. The van der Waals surface area contributed by atoms with Crippen molar-refractivity contribution in [1.29, 1.82) is 0 Å². The van der Waals surface area contributed by atoms with Crippen LogP contribution in [0.2, 0.25) is 0 Å². The quantitative estimate of drug-likeness (QED) is 0.262. The maximum absolute atomic E-state index is 14.1. The molecule has 37 heavy (non-hydrogen) atoms. The van der Waals surface area contributed by atoms with Crippen LogP contribution in [-0.4, -0.2) is 30.3 Å². The van der Waals surface area contributed by atoms with Gasteiger partial charge in [0.25, 0.3) is 0 Å². The molecule has 5 rings (SSSR count). The van der Waals surface area contributed by atoms with Crippen LogP contribution >= 0.6 is 0 Å². The number of carboxylic acids is 1. The molecule has 1 N–H and O–H groups in total. The third kappa shape index (κ3) is 5.69. The second-order valence-corrected chi connectivity index (χ2v) is 9.54. The number of hydrogen-bond donors (Lipinski definition) is 1. The van der Waals surface area contributed by atoms with Crippen molar-refractivity contribution in [3.63, 3.8) is 0 Å². The number of hydrogen-bond acceptors (Lipinski definition) is 4. The number of rotatable bonds is 9. The fourth-order valence-electron chi connectivity index (χ4n) is 5.07. The molecule has 0 saturated carbocycles. The summed E-state index contributed by atoms with van der Waals surface area (Å²) in [4.78, 5) is 12.8. The lowest BCUT2D eigenvalue weighted by Crippen LogP contribution is -2.37. The molecular weight excluding hydrogens is 469 g/mol. The average molecular weight is 500 g/mol. The number of nitrogens with zero attached hydrogens (tertiary/aromatic N) is 1. The normalized spacial score (nSPS) is 15.6. The van der Waals surface area contributed by atoms with E-state index in [1.54, 1.807) is 18.2 Å². The Balaban J connectivity index is 1.28. The highest BCUT2D eigenvalue weighted by Gasteiger charge is 2.27. The topological polar surface area (TPSA) is 59.0 Å². The van der Waals surface area contributed by atoms with Crippen molar-refractivity contribution in [1.82, 2.24) is 0 Å². The summed E-state index contributed by atoms with van der Waals surface area (Å²) in [6.45, 7) is 2.47. The van der Waals surface area contributed by atoms with Crippen LogP contribution in [0.3, 0.4) is 0 Å². The zero-order chi connectivity index (χ0) is 25.8. The molecule has 4 aromatic carbocycles. The van der Waals surface area contributed by atoms with Crippen LogP contribution in [0, 0.1) is 5.82 Å². The standard InChI is InChI=1S/C31H30FNO4/c1-21(27-11-5-8-22-7-2-3-10-28(22)27)6-4-9-26-19-33(29-18-23(32)12-17-30(29)37-26)24-13-15-25(16-14-24)36-20-31(34)35/h2-3,5,7-8,10-18,21,26H,4,6,9,19-20H2,1H3,(H,34,35)/t21-,26?/m0/s1. The summed E-state index contributed by atoms with van der Waals surface area (Å²) in [6, 6.07) is 26.8. The van der Waals surface area contributed by atoms with Crippen LogP contribution in [-0.2, 0) is 4.79 Å². The highest BCUT2D eigenvalue weighted by atomic mass is 19.1. The van der Waals surface area contributed by atoms with Crippen molar-refractivity contribution in [2.45, 2.75) is 38.2 Å². The maximum atomic E-state index is 14.1. The van der Waals surface area contributed by atoms with Crippen molar-refractivity contribution in [3.05, 3.63) is 96.3 Å². The maximum Gasteiger partial charge on any atom is 0.341 e. The summed E-state index contributed by atoms with van der Waals surface area (Å²) in [5.74, 6) is 0.199. The Kier molecular flexibility index (Phi) is 7.26. The molecule has 1 unspecified atom stereocenters. The van der Waals surface area contributed by atoms with Gasteiger partial charge in [0.1, 0.15) is 23.4 Å². The van der Waals surface area contributed by atoms with Gasteiger partial charge < -0.3 is 19.5 Å². The predicted molar refractivity (Wildman–Crippen MR) is 144 cm³/mol. The highest BCUT2D eigenvalue weighted by molar-refractivity contribution is 5.86. The number of ether oxygens (including phenoxy) is 2. The minimum atomic E-state index is -1.03. The summed E-state index contributed by atoms with van der Waals surface area (Å²) in [5.41, 5.74) is 2.92. The van der Waals surface area contributed by atoms with Crippen LogP contribution < -0.4 is 14.4 Å². The first kappa shape index (κ1) is 24.6. The van der Waals surface area contributed by atoms with Gasteiger partial charge in [0.05, 0.1) is 12.2 Å². The van der Waals surface area contributed by atoms with Crippen LogP contribution in [0.15, 0.2) is 84.9 Å². The van der Waals surface area contributed by atoms with Crippen molar-refractivity contribution in [3.8, 4) is 11.5 Å². The van der Waals surface area contributed by atoms with E-state index in [2.05, 4.69) is 54.3 Å². The van der Waals surface area contributed by atoms with Gasteiger partial charge in [-0.2, -0.15) is 0 Å². The lowest BCUT2D eigenvalue weighted by molar-refractivity contribution is -0.139. The predicted octanol–water partition coefficient (Wildman–Crippen LogP) is 7.32. The SMILES string of the molecule is C[C@@H](CCCC1CN(c2ccc(OCC(=O)O)cc2)c2cc(F)ccc2O1)c1cccc2ccccc12. The van der Waals surface area contributed by atoms with E-state index < -0.39 is 12.6 Å². The van der Waals surface area contributed by atoms with Crippen LogP contribution in [0.25, 0.3) is 10.8 Å².